The monoisotopic (exact) mass is 226 g/mol. The Labute approximate surface area is 96.0 Å². The molecule has 0 aliphatic rings. The average molecular weight is 226 g/mol. The largest absolute Gasteiger partial charge is 0.481 e. The van der Waals surface area contributed by atoms with Gasteiger partial charge in [-0.1, -0.05) is 19.3 Å². The number of hydrogen-bond donors (Lipinski definition) is 1. The Morgan fingerprint density at radius 2 is 1.81 bits per heavy atom. The molecule has 0 unspecified atom stereocenters. The second-order valence-corrected chi connectivity index (χ2v) is 3.32. The third kappa shape index (κ3) is 10.6. The lowest BCUT2D eigenvalue weighted by atomic mass is 10.1. The number of carbonyl (C=O) groups excluding carboxylic acids is 1. The molecular weight excluding hydrogens is 208 g/mol. The summed E-state index contributed by atoms with van der Waals surface area (Å²) in [5.74, 6) is 4.45. The molecule has 0 radical (unpaired) electrons. The van der Waals surface area contributed by atoms with Crippen LogP contribution in [0.1, 0.15) is 45.4 Å². The second kappa shape index (κ2) is 10.0. The zero-order chi connectivity index (χ0) is 12.2. The van der Waals surface area contributed by atoms with Crippen molar-refractivity contribution in [2.75, 3.05) is 6.61 Å². The summed E-state index contributed by atoms with van der Waals surface area (Å²) in [7, 11) is 0. The van der Waals surface area contributed by atoms with Gasteiger partial charge in [-0.05, 0) is 12.8 Å². The summed E-state index contributed by atoms with van der Waals surface area (Å²) >= 11 is 0. The summed E-state index contributed by atoms with van der Waals surface area (Å²) in [5, 5.41) is 8.38. The summed E-state index contributed by atoms with van der Waals surface area (Å²) in [6, 6.07) is 0. The molecule has 0 atom stereocenters. The first kappa shape index (κ1) is 14.5. The zero-order valence-electron chi connectivity index (χ0n) is 9.62. The summed E-state index contributed by atoms with van der Waals surface area (Å²) in [4.78, 5) is 21.3. The summed E-state index contributed by atoms with van der Waals surface area (Å²) in [6.45, 7) is 2.08. The van der Waals surface area contributed by atoms with Crippen LogP contribution in [0.2, 0.25) is 0 Å². The molecule has 0 amide bonds. The normalized spacial score (nSPS) is 9.06. The Morgan fingerprint density at radius 3 is 2.44 bits per heavy atom. The number of carboxylic acid groups (broad SMARTS) is 1. The van der Waals surface area contributed by atoms with E-state index in [0.29, 0.717) is 19.3 Å². The molecule has 4 nitrogen and oxygen atoms in total. The number of ether oxygens (including phenoxy) is 1. The highest BCUT2D eigenvalue weighted by molar-refractivity contribution is 5.69. The number of carbonyl (C=O) groups is 2. The maximum Gasteiger partial charge on any atom is 0.306 e. The van der Waals surface area contributed by atoms with Crippen LogP contribution in [0.15, 0.2) is 0 Å². The summed E-state index contributed by atoms with van der Waals surface area (Å²) in [6.07, 6.45) is 3.28. The van der Waals surface area contributed by atoms with Crippen molar-refractivity contribution in [2.45, 2.75) is 45.4 Å². The predicted molar refractivity (Wildman–Crippen MR) is 59.7 cm³/mol. The van der Waals surface area contributed by atoms with E-state index in [9.17, 15) is 9.59 Å². The fourth-order valence-corrected chi connectivity index (χ4v) is 1.09. The van der Waals surface area contributed by atoms with Gasteiger partial charge < -0.3 is 9.84 Å². The van der Waals surface area contributed by atoms with Crippen LogP contribution in [0, 0.1) is 11.8 Å². The van der Waals surface area contributed by atoms with Gasteiger partial charge in [0.05, 0.1) is 0 Å². The molecule has 0 aromatic carbocycles. The molecule has 4 heteroatoms. The van der Waals surface area contributed by atoms with E-state index in [-0.39, 0.29) is 19.0 Å². The molecule has 0 aromatic heterocycles. The van der Waals surface area contributed by atoms with Crippen molar-refractivity contribution in [3.05, 3.63) is 0 Å². The van der Waals surface area contributed by atoms with Gasteiger partial charge in [0.25, 0.3) is 0 Å². The lowest BCUT2D eigenvalue weighted by Gasteiger charge is -2.00. The van der Waals surface area contributed by atoms with E-state index in [1.165, 1.54) is 0 Å². The van der Waals surface area contributed by atoms with E-state index in [2.05, 4.69) is 11.8 Å². The maximum atomic E-state index is 11.1. The quantitative estimate of drug-likeness (QED) is 0.409. The minimum atomic E-state index is -0.794. The van der Waals surface area contributed by atoms with E-state index >= 15 is 0 Å². The molecule has 0 fully saturated rings. The molecule has 16 heavy (non-hydrogen) atoms. The van der Waals surface area contributed by atoms with Crippen LogP contribution in [-0.2, 0) is 14.3 Å². The Kier molecular flexibility index (Phi) is 9.09. The number of unbranched alkanes of at least 4 members (excludes halogenated alkanes) is 2. The van der Waals surface area contributed by atoms with Gasteiger partial charge in [-0.3, -0.25) is 9.59 Å². The van der Waals surface area contributed by atoms with Crippen molar-refractivity contribution in [1.29, 1.82) is 0 Å². The third-order valence-corrected chi connectivity index (χ3v) is 1.88. The predicted octanol–water partition coefficient (Wildman–Crippen LogP) is 1.98. The number of rotatable bonds is 7. The first-order valence-electron chi connectivity index (χ1n) is 5.50. The standard InChI is InChI=1S/C12H18O4/c1-2-3-7-10-16-12(15)9-6-4-5-8-11(13)14/h2,4-6,8-10H2,1H3,(H,13,14). The molecule has 0 aromatic rings. The highest BCUT2D eigenvalue weighted by atomic mass is 16.5. The van der Waals surface area contributed by atoms with Gasteiger partial charge in [0.1, 0.15) is 0 Å². The van der Waals surface area contributed by atoms with E-state index in [1.54, 1.807) is 0 Å². The smallest absolute Gasteiger partial charge is 0.306 e. The van der Waals surface area contributed by atoms with Crippen LogP contribution < -0.4 is 0 Å². The minimum absolute atomic E-state index is 0.155. The van der Waals surface area contributed by atoms with Crippen LogP contribution in [-0.4, -0.2) is 23.7 Å². The first-order valence-corrected chi connectivity index (χ1v) is 5.50. The highest BCUT2D eigenvalue weighted by Crippen LogP contribution is 2.03. The first-order chi connectivity index (χ1) is 7.66. The molecule has 0 bridgehead atoms. The molecule has 0 saturated heterocycles. The molecule has 0 saturated carbocycles. The molecule has 0 aliphatic heterocycles. The third-order valence-electron chi connectivity index (χ3n) is 1.88. The Bertz CT molecular complexity index is 272. The van der Waals surface area contributed by atoms with Crippen LogP contribution >= 0.6 is 0 Å². The average Bonchev–Trinajstić information content (AvgIpc) is 2.23. The number of carboxylic acids is 1. The van der Waals surface area contributed by atoms with Gasteiger partial charge in [-0.15, -0.1) is 5.92 Å². The van der Waals surface area contributed by atoms with Gasteiger partial charge in [0.2, 0.25) is 0 Å². The van der Waals surface area contributed by atoms with Gasteiger partial charge >= 0.3 is 11.9 Å². The van der Waals surface area contributed by atoms with Crippen molar-refractivity contribution >= 4 is 11.9 Å². The fourth-order valence-electron chi connectivity index (χ4n) is 1.09. The highest BCUT2D eigenvalue weighted by Gasteiger charge is 2.02. The van der Waals surface area contributed by atoms with Gasteiger partial charge in [-0.25, -0.2) is 0 Å². The van der Waals surface area contributed by atoms with Crippen LogP contribution in [0.25, 0.3) is 0 Å². The van der Waals surface area contributed by atoms with E-state index in [4.69, 9.17) is 9.84 Å². The van der Waals surface area contributed by atoms with Crippen LogP contribution in [0.3, 0.4) is 0 Å². The molecule has 0 rings (SSSR count). The lowest BCUT2D eigenvalue weighted by Crippen LogP contribution is -2.04. The van der Waals surface area contributed by atoms with Crippen molar-refractivity contribution in [3.63, 3.8) is 0 Å². The Balaban J connectivity index is 3.33. The zero-order valence-corrected chi connectivity index (χ0v) is 9.62. The van der Waals surface area contributed by atoms with Crippen molar-refractivity contribution in [3.8, 4) is 11.8 Å². The lowest BCUT2D eigenvalue weighted by molar-refractivity contribution is -0.142. The molecule has 0 spiro atoms. The summed E-state index contributed by atoms with van der Waals surface area (Å²) in [5.41, 5.74) is 0. The number of esters is 1. The maximum absolute atomic E-state index is 11.1. The molecule has 1 N–H and O–H groups in total. The minimum Gasteiger partial charge on any atom is -0.481 e. The second-order valence-electron chi connectivity index (χ2n) is 3.32. The SMILES string of the molecule is CCC#CCOC(=O)CCCCCC(=O)O. The van der Waals surface area contributed by atoms with Gasteiger partial charge in [-0.2, -0.15) is 0 Å². The van der Waals surface area contributed by atoms with Gasteiger partial charge in [0.15, 0.2) is 6.61 Å². The fraction of sp³-hybridized carbons (Fsp3) is 0.667. The van der Waals surface area contributed by atoms with Crippen molar-refractivity contribution < 1.29 is 19.4 Å². The Hall–Kier alpha value is -1.50. The van der Waals surface area contributed by atoms with Crippen LogP contribution in [0.4, 0.5) is 0 Å². The van der Waals surface area contributed by atoms with Crippen molar-refractivity contribution in [1.82, 2.24) is 0 Å². The van der Waals surface area contributed by atoms with E-state index in [1.807, 2.05) is 6.92 Å². The number of hydrogen-bond acceptors (Lipinski definition) is 3. The molecule has 0 aliphatic carbocycles. The topological polar surface area (TPSA) is 63.6 Å². The van der Waals surface area contributed by atoms with E-state index < -0.39 is 5.97 Å². The number of aliphatic carboxylic acids is 1. The van der Waals surface area contributed by atoms with Gasteiger partial charge in [0, 0.05) is 19.3 Å². The van der Waals surface area contributed by atoms with E-state index in [0.717, 1.165) is 12.8 Å². The molecule has 90 valence electrons. The molecular formula is C12H18O4. The van der Waals surface area contributed by atoms with Crippen LogP contribution in [0.5, 0.6) is 0 Å². The van der Waals surface area contributed by atoms with Crippen molar-refractivity contribution in [2.24, 2.45) is 0 Å². The summed E-state index contributed by atoms with van der Waals surface area (Å²) < 4.78 is 4.84. The Morgan fingerprint density at radius 1 is 1.12 bits per heavy atom. The molecule has 0 heterocycles.